The Morgan fingerprint density at radius 3 is 2.50 bits per heavy atom. The van der Waals surface area contributed by atoms with Gasteiger partial charge in [-0.1, -0.05) is 46.9 Å². The van der Waals surface area contributed by atoms with Crippen LogP contribution in [0.2, 0.25) is 15.1 Å². The number of nitrogens with zero attached hydrogens (tertiary/aromatic N) is 1. The third-order valence-corrected chi connectivity index (χ3v) is 5.16. The minimum absolute atomic E-state index is 0.239. The van der Waals surface area contributed by atoms with Gasteiger partial charge in [0.15, 0.2) is 0 Å². The van der Waals surface area contributed by atoms with Crippen LogP contribution in [0.4, 0.5) is 11.4 Å². The van der Waals surface area contributed by atoms with Gasteiger partial charge in [0, 0.05) is 29.2 Å². The first-order valence-electron chi connectivity index (χ1n) is 8.52. The summed E-state index contributed by atoms with van der Waals surface area (Å²) in [4.78, 5) is 14.6. The van der Waals surface area contributed by atoms with Crippen molar-refractivity contribution >= 4 is 58.2 Å². The van der Waals surface area contributed by atoms with Crippen LogP contribution < -0.4 is 10.2 Å². The molecule has 1 amide bonds. The van der Waals surface area contributed by atoms with Gasteiger partial charge >= 0.3 is 0 Å². The van der Waals surface area contributed by atoms with Gasteiger partial charge in [0.05, 0.1) is 16.4 Å². The lowest BCUT2D eigenvalue weighted by Gasteiger charge is -2.31. The quantitative estimate of drug-likeness (QED) is 0.602. The molecule has 0 bridgehead atoms. The van der Waals surface area contributed by atoms with E-state index < -0.39 is 0 Å². The minimum Gasteiger partial charge on any atom is -0.369 e. The average molecular weight is 410 g/mol. The van der Waals surface area contributed by atoms with E-state index in [0.29, 0.717) is 15.1 Å². The van der Waals surface area contributed by atoms with E-state index in [-0.39, 0.29) is 5.91 Å². The summed E-state index contributed by atoms with van der Waals surface area (Å²) in [6.07, 6.45) is 6.61. The van der Waals surface area contributed by atoms with E-state index in [9.17, 15) is 4.79 Å². The van der Waals surface area contributed by atoms with E-state index >= 15 is 0 Å². The van der Waals surface area contributed by atoms with Gasteiger partial charge in [-0.2, -0.15) is 0 Å². The van der Waals surface area contributed by atoms with Gasteiger partial charge in [-0.05, 0) is 55.2 Å². The summed E-state index contributed by atoms with van der Waals surface area (Å²) >= 11 is 18.4. The molecule has 0 spiro atoms. The lowest BCUT2D eigenvalue weighted by atomic mass is 10.1. The molecule has 0 aromatic heterocycles. The molecule has 0 saturated carbocycles. The summed E-state index contributed by atoms with van der Waals surface area (Å²) in [5, 5.41) is 4.63. The van der Waals surface area contributed by atoms with Crippen molar-refractivity contribution < 1.29 is 4.79 Å². The Morgan fingerprint density at radius 2 is 1.77 bits per heavy atom. The van der Waals surface area contributed by atoms with Gasteiger partial charge in [0.2, 0.25) is 5.91 Å². The number of rotatable bonds is 4. The molecule has 3 nitrogen and oxygen atoms in total. The van der Waals surface area contributed by atoms with Crippen LogP contribution in [0.15, 0.2) is 42.5 Å². The molecule has 0 radical (unpaired) electrons. The number of piperidine rings is 1. The molecule has 0 atom stereocenters. The molecular formula is C20H19Cl3N2O. The summed E-state index contributed by atoms with van der Waals surface area (Å²) in [5.41, 5.74) is 2.34. The van der Waals surface area contributed by atoms with Crippen molar-refractivity contribution in [2.45, 2.75) is 19.3 Å². The summed E-state index contributed by atoms with van der Waals surface area (Å²) in [6, 6.07) is 10.7. The Morgan fingerprint density at radius 1 is 1.00 bits per heavy atom. The second-order valence-electron chi connectivity index (χ2n) is 6.17. The fraction of sp³-hybridized carbons (Fsp3) is 0.250. The number of carbonyl (C=O) groups excluding carboxylic acids is 1. The van der Waals surface area contributed by atoms with E-state index in [4.69, 9.17) is 34.8 Å². The molecular weight excluding hydrogens is 391 g/mol. The fourth-order valence-corrected chi connectivity index (χ4v) is 3.80. The number of hydrogen-bond donors (Lipinski definition) is 1. The Hall–Kier alpha value is -1.68. The average Bonchev–Trinajstić information content (AvgIpc) is 2.62. The van der Waals surface area contributed by atoms with Crippen molar-refractivity contribution in [3.8, 4) is 0 Å². The molecule has 136 valence electrons. The highest BCUT2D eigenvalue weighted by Gasteiger charge is 2.18. The second-order valence-corrected chi connectivity index (χ2v) is 7.42. The summed E-state index contributed by atoms with van der Waals surface area (Å²) < 4.78 is 0. The Bertz CT molecular complexity index is 830. The largest absolute Gasteiger partial charge is 0.369 e. The number of para-hydroxylation sites is 1. The summed E-state index contributed by atoms with van der Waals surface area (Å²) in [7, 11) is 0. The van der Waals surface area contributed by atoms with E-state index in [1.807, 2.05) is 18.2 Å². The number of halogens is 3. The van der Waals surface area contributed by atoms with Crippen molar-refractivity contribution in [2.24, 2.45) is 0 Å². The standard InChI is InChI=1S/C20H19Cl3N2O/c21-15-9-7-14(17(23)13-15)8-10-19(26)24-18-6-4-5-16(22)20(18)25-11-2-1-3-12-25/h4-10,13H,1-3,11-12H2,(H,24,26). The maximum Gasteiger partial charge on any atom is 0.248 e. The van der Waals surface area contributed by atoms with Crippen molar-refractivity contribution in [1.82, 2.24) is 0 Å². The van der Waals surface area contributed by atoms with Crippen LogP contribution in [-0.2, 0) is 4.79 Å². The fourth-order valence-electron chi connectivity index (χ4n) is 3.03. The highest BCUT2D eigenvalue weighted by atomic mass is 35.5. The Labute approximate surface area is 168 Å². The zero-order chi connectivity index (χ0) is 18.5. The number of benzene rings is 2. The Balaban J connectivity index is 1.77. The monoisotopic (exact) mass is 408 g/mol. The van der Waals surface area contributed by atoms with E-state index in [0.717, 1.165) is 42.9 Å². The number of hydrogen-bond acceptors (Lipinski definition) is 2. The van der Waals surface area contributed by atoms with E-state index in [1.54, 1.807) is 24.3 Å². The van der Waals surface area contributed by atoms with Crippen molar-refractivity contribution in [2.75, 3.05) is 23.3 Å². The van der Waals surface area contributed by atoms with Crippen molar-refractivity contribution in [3.05, 3.63) is 63.1 Å². The third-order valence-electron chi connectivity index (χ3n) is 4.29. The lowest BCUT2D eigenvalue weighted by Crippen LogP contribution is -2.30. The molecule has 1 saturated heterocycles. The predicted molar refractivity (Wildman–Crippen MR) is 112 cm³/mol. The topological polar surface area (TPSA) is 32.3 Å². The van der Waals surface area contributed by atoms with Crippen LogP contribution in [-0.4, -0.2) is 19.0 Å². The van der Waals surface area contributed by atoms with Gasteiger partial charge in [0.1, 0.15) is 0 Å². The lowest BCUT2D eigenvalue weighted by molar-refractivity contribution is -0.111. The normalized spacial score (nSPS) is 14.7. The van der Waals surface area contributed by atoms with Gasteiger partial charge < -0.3 is 10.2 Å². The first kappa shape index (κ1) is 19.1. The molecule has 2 aromatic carbocycles. The molecule has 2 aromatic rings. The summed E-state index contributed by atoms with van der Waals surface area (Å²) in [5.74, 6) is -0.239. The molecule has 1 aliphatic rings. The van der Waals surface area contributed by atoms with E-state index in [2.05, 4.69) is 10.2 Å². The molecule has 3 rings (SSSR count). The maximum atomic E-state index is 12.4. The first-order chi connectivity index (χ1) is 12.5. The van der Waals surface area contributed by atoms with Crippen LogP contribution in [0.1, 0.15) is 24.8 Å². The molecule has 0 unspecified atom stereocenters. The number of amides is 1. The smallest absolute Gasteiger partial charge is 0.248 e. The van der Waals surface area contributed by atoms with Gasteiger partial charge in [-0.25, -0.2) is 0 Å². The van der Waals surface area contributed by atoms with Gasteiger partial charge in [-0.3, -0.25) is 4.79 Å². The third kappa shape index (κ3) is 4.73. The molecule has 1 aliphatic heterocycles. The molecule has 1 N–H and O–H groups in total. The number of nitrogens with one attached hydrogen (secondary N) is 1. The number of anilines is 2. The van der Waals surface area contributed by atoms with Crippen molar-refractivity contribution in [3.63, 3.8) is 0 Å². The zero-order valence-electron chi connectivity index (χ0n) is 14.1. The molecule has 26 heavy (non-hydrogen) atoms. The molecule has 0 aliphatic carbocycles. The van der Waals surface area contributed by atoms with Crippen LogP contribution >= 0.6 is 34.8 Å². The van der Waals surface area contributed by atoms with Crippen LogP contribution in [0.25, 0.3) is 6.08 Å². The minimum atomic E-state index is -0.239. The maximum absolute atomic E-state index is 12.4. The highest BCUT2D eigenvalue weighted by Crippen LogP contribution is 2.35. The SMILES string of the molecule is O=C(C=Cc1ccc(Cl)cc1Cl)Nc1cccc(Cl)c1N1CCCCC1. The molecule has 1 fully saturated rings. The highest BCUT2D eigenvalue weighted by molar-refractivity contribution is 6.35. The van der Waals surface area contributed by atoms with E-state index in [1.165, 1.54) is 12.5 Å². The Kier molecular flexibility index (Phi) is 6.47. The van der Waals surface area contributed by atoms with Crippen molar-refractivity contribution in [1.29, 1.82) is 0 Å². The molecule has 6 heteroatoms. The predicted octanol–water partition coefficient (Wildman–Crippen LogP) is 6.29. The van der Waals surface area contributed by atoms with Crippen LogP contribution in [0.3, 0.4) is 0 Å². The van der Waals surface area contributed by atoms with Gasteiger partial charge in [0.25, 0.3) is 0 Å². The first-order valence-corrected chi connectivity index (χ1v) is 9.65. The van der Waals surface area contributed by atoms with Crippen LogP contribution in [0, 0.1) is 0 Å². The number of carbonyl (C=O) groups is 1. The summed E-state index contributed by atoms with van der Waals surface area (Å²) in [6.45, 7) is 1.89. The van der Waals surface area contributed by atoms with Crippen LogP contribution in [0.5, 0.6) is 0 Å². The molecule has 1 heterocycles. The zero-order valence-corrected chi connectivity index (χ0v) is 16.4. The second kappa shape index (κ2) is 8.81. The van der Waals surface area contributed by atoms with Gasteiger partial charge in [-0.15, -0.1) is 0 Å².